The smallest absolute Gasteiger partial charge is 0.290 e. The molecule has 21 heavy (non-hydrogen) atoms. The fourth-order valence-electron chi connectivity index (χ4n) is 1.67. The number of nitrogens with one attached hydrogen (secondary N) is 3. The Morgan fingerprint density at radius 2 is 1.95 bits per heavy atom. The van der Waals surface area contributed by atoms with Gasteiger partial charge in [-0.2, -0.15) is 5.10 Å². The predicted molar refractivity (Wildman–Crippen MR) is 83.8 cm³/mol. The molecule has 0 aliphatic heterocycles. The van der Waals surface area contributed by atoms with Crippen LogP contribution in [-0.4, -0.2) is 16.1 Å². The Morgan fingerprint density at radius 3 is 2.52 bits per heavy atom. The number of halogens is 1. The van der Waals surface area contributed by atoms with E-state index in [1.807, 2.05) is 26.0 Å². The highest BCUT2D eigenvalue weighted by atomic mass is 35.5. The third-order valence-corrected chi connectivity index (χ3v) is 3.22. The first-order valence-corrected chi connectivity index (χ1v) is 6.91. The van der Waals surface area contributed by atoms with Crippen LogP contribution in [-0.2, 0) is 0 Å². The molecule has 0 radical (unpaired) electrons. The van der Waals surface area contributed by atoms with Crippen molar-refractivity contribution in [3.8, 4) is 0 Å². The number of carbonyl (C=O) groups excluding carboxylic acids is 1. The Bertz CT molecular complexity index is 646. The maximum absolute atomic E-state index is 12.0. The van der Waals surface area contributed by atoms with Gasteiger partial charge in [-0.15, -0.1) is 0 Å². The van der Waals surface area contributed by atoms with E-state index in [1.165, 1.54) is 0 Å². The van der Waals surface area contributed by atoms with Gasteiger partial charge >= 0.3 is 0 Å². The van der Waals surface area contributed by atoms with Gasteiger partial charge in [-0.05, 0) is 29.7 Å². The quantitative estimate of drug-likeness (QED) is 0.743. The Labute approximate surface area is 128 Å². The van der Waals surface area contributed by atoms with Crippen molar-refractivity contribution in [2.24, 2.45) is 0 Å². The minimum absolute atomic E-state index is 0.288. The first-order valence-electron chi connectivity index (χ1n) is 6.54. The van der Waals surface area contributed by atoms with Crippen molar-refractivity contribution in [3.05, 3.63) is 58.9 Å². The molecule has 2 aromatic rings. The van der Waals surface area contributed by atoms with E-state index in [0.717, 1.165) is 11.3 Å². The van der Waals surface area contributed by atoms with Crippen molar-refractivity contribution in [3.63, 3.8) is 0 Å². The molecular formula is C15H17ClN4O. The SMILES string of the molecule is C=C(NNC(=O)c1cc(C(C)C)[nH]n1)c1ccc(Cl)cc1. The molecule has 2 rings (SSSR count). The van der Waals surface area contributed by atoms with Gasteiger partial charge in [0.05, 0.1) is 5.70 Å². The van der Waals surface area contributed by atoms with Gasteiger partial charge in [0.15, 0.2) is 5.69 Å². The van der Waals surface area contributed by atoms with Crippen LogP contribution in [0.3, 0.4) is 0 Å². The van der Waals surface area contributed by atoms with Gasteiger partial charge < -0.3 is 0 Å². The molecule has 0 aliphatic carbocycles. The van der Waals surface area contributed by atoms with E-state index in [1.54, 1.807) is 18.2 Å². The van der Waals surface area contributed by atoms with E-state index in [2.05, 4.69) is 27.6 Å². The zero-order valence-electron chi connectivity index (χ0n) is 11.9. The Hall–Kier alpha value is -2.27. The summed E-state index contributed by atoms with van der Waals surface area (Å²) in [5, 5.41) is 7.46. The summed E-state index contributed by atoms with van der Waals surface area (Å²) in [5.74, 6) is -0.0377. The van der Waals surface area contributed by atoms with Crippen LogP contribution >= 0.6 is 11.6 Å². The number of carbonyl (C=O) groups is 1. The van der Waals surface area contributed by atoms with Gasteiger partial charge in [0.1, 0.15) is 0 Å². The van der Waals surface area contributed by atoms with E-state index in [9.17, 15) is 4.79 Å². The van der Waals surface area contributed by atoms with Gasteiger partial charge in [0.25, 0.3) is 5.91 Å². The third kappa shape index (κ3) is 3.86. The predicted octanol–water partition coefficient (Wildman–Crippen LogP) is 3.09. The molecule has 0 atom stereocenters. The summed E-state index contributed by atoms with van der Waals surface area (Å²) in [5.41, 5.74) is 7.97. The number of benzene rings is 1. The van der Waals surface area contributed by atoms with Gasteiger partial charge in [0.2, 0.25) is 0 Å². The van der Waals surface area contributed by atoms with Crippen molar-refractivity contribution in [1.82, 2.24) is 21.0 Å². The number of rotatable bonds is 5. The largest absolute Gasteiger partial charge is 0.298 e. The van der Waals surface area contributed by atoms with E-state index in [-0.39, 0.29) is 11.8 Å². The Balaban J connectivity index is 1.94. The topological polar surface area (TPSA) is 69.8 Å². The van der Waals surface area contributed by atoms with Crippen LogP contribution in [0.1, 0.15) is 41.5 Å². The average Bonchev–Trinajstić information content (AvgIpc) is 2.95. The van der Waals surface area contributed by atoms with Crippen LogP contribution in [0.5, 0.6) is 0 Å². The van der Waals surface area contributed by atoms with Crippen LogP contribution in [0.25, 0.3) is 5.70 Å². The van der Waals surface area contributed by atoms with Gasteiger partial charge in [-0.3, -0.25) is 20.7 Å². The normalized spacial score (nSPS) is 10.5. The number of hydrogen-bond donors (Lipinski definition) is 3. The van der Waals surface area contributed by atoms with E-state index in [4.69, 9.17) is 11.6 Å². The molecule has 0 aliphatic rings. The fourth-order valence-corrected chi connectivity index (χ4v) is 1.79. The molecule has 0 spiro atoms. The lowest BCUT2D eigenvalue weighted by Crippen LogP contribution is -2.36. The van der Waals surface area contributed by atoms with E-state index >= 15 is 0 Å². The van der Waals surface area contributed by atoms with Crippen molar-refractivity contribution in [2.75, 3.05) is 0 Å². The summed E-state index contributed by atoms with van der Waals surface area (Å²) < 4.78 is 0. The zero-order valence-corrected chi connectivity index (χ0v) is 12.7. The lowest BCUT2D eigenvalue weighted by atomic mass is 10.1. The monoisotopic (exact) mass is 304 g/mol. The van der Waals surface area contributed by atoms with Crippen molar-refractivity contribution < 1.29 is 4.79 Å². The van der Waals surface area contributed by atoms with Crippen molar-refractivity contribution in [2.45, 2.75) is 19.8 Å². The second-order valence-electron chi connectivity index (χ2n) is 4.93. The number of aromatic amines is 1. The number of hydrazine groups is 1. The van der Waals surface area contributed by atoms with Gasteiger partial charge in [-0.1, -0.05) is 44.2 Å². The molecule has 3 N–H and O–H groups in total. The lowest BCUT2D eigenvalue weighted by Gasteiger charge is -2.10. The zero-order chi connectivity index (χ0) is 15.4. The maximum atomic E-state index is 12.0. The first-order chi connectivity index (χ1) is 9.97. The minimum Gasteiger partial charge on any atom is -0.298 e. The van der Waals surface area contributed by atoms with E-state index < -0.39 is 0 Å². The van der Waals surface area contributed by atoms with Crippen LogP contribution in [0, 0.1) is 0 Å². The molecule has 1 aromatic heterocycles. The summed E-state index contributed by atoms with van der Waals surface area (Å²) in [7, 11) is 0. The minimum atomic E-state index is -0.326. The highest BCUT2D eigenvalue weighted by Gasteiger charge is 2.12. The summed E-state index contributed by atoms with van der Waals surface area (Å²) in [6.07, 6.45) is 0. The van der Waals surface area contributed by atoms with E-state index in [0.29, 0.717) is 16.4 Å². The molecule has 110 valence electrons. The molecule has 6 heteroatoms. The number of nitrogens with zero attached hydrogens (tertiary/aromatic N) is 1. The average molecular weight is 305 g/mol. The summed E-state index contributed by atoms with van der Waals surface area (Å²) in [6.45, 7) is 7.90. The van der Waals surface area contributed by atoms with Crippen LogP contribution in [0.2, 0.25) is 5.02 Å². The molecular weight excluding hydrogens is 288 g/mol. The van der Waals surface area contributed by atoms with Crippen LogP contribution in [0.4, 0.5) is 0 Å². The maximum Gasteiger partial charge on any atom is 0.290 e. The molecule has 1 aromatic carbocycles. The number of aromatic nitrogens is 2. The molecule has 1 heterocycles. The summed E-state index contributed by atoms with van der Waals surface area (Å²) in [6, 6.07) is 8.87. The van der Waals surface area contributed by atoms with Gasteiger partial charge in [0, 0.05) is 10.7 Å². The highest BCUT2D eigenvalue weighted by molar-refractivity contribution is 6.30. The molecule has 5 nitrogen and oxygen atoms in total. The number of hydrogen-bond acceptors (Lipinski definition) is 3. The summed E-state index contributed by atoms with van der Waals surface area (Å²) in [4.78, 5) is 12.0. The molecule has 1 amide bonds. The Morgan fingerprint density at radius 1 is 1.29 bits per heavy atom. The molecule has 0 saturated heterocycles. The lowest BCUT2D eigenvalue weighted by molar-refractivity contribution is 0.0937. The fraction of sp³-hybridized carbons (Fsp3) is 0.200. The first kappa shape index (κ1) is 15.1. The molecule has 0 saturated carbocycles. The second kappa shape index (κ2) is 6.45. The van der Waals surface area contributed by atoms with Crippen molar-refractivity contribution >= 4 is 23.2 Å². The molecule has 0 unspecified atom stereocenters. The molecule has 0 fully saturated rings. The van der Waals surface area contributed by atoms with Crippen LogP contribution in [0.15, 0.2) is 36.9 Å². The van der Waals surface area contributed by atoms with Crippen molar-refractivity contribution in [1.29, 1.82) is 0 Å². The molecule has 0 bridgehead atoms. The third-order valence-electron chi connectivity index (χ3n) is 2.97. The number of amides is 1. The highest BCUT2D eigenvalue weighted by Crippen LogP contribution is 2.14. The Kier molecular flexibility index (Phi) is 4.65. The number of H-pyrrole nitrogens is 1. The second-order valence-corrected chi connectivity index (χ2v) is 5.36. The van der Waals surface area contributed by atoms with Gasteiger partial charge in [-0.25, -0.2) is 0 Å². The van der Waals surface area contributed by atoms with Crippen LogP contribution < -0.4 is 10.9 Å². The standard InChI is InChI=1S/C15H17ClN4O/c1-9(2)13-8-14(19-18-13)15(21)20-17-10(3)11-4-6-12(16)7-5-11/h4-9,17H,3H2,1-2H3,(H,18,19)(H,20,21). The summed E-state index contributed by atoms with van der Waals surface area (Å²) >= 11 is 5.82.